The van der Waals surface area contributed by atoms with E-state index in [0.717, 1.165) is 11.3 Å². The monoisotopic (exact) mass is 279 g/mol. The van der Waals surface area contributed by atoms with E-state index < -0.39 is 15.3 Å². The predicted molar refractivity (Wildman–Crippen MR) is 72.6 cm³/mol. The molecule has 0 fully saturated rings. The Balaban J connectivity index is 2.08. The molecule has 0 spiro atoms. The minimum absolute atomic E-state index is 0.123. The average molecular weight is 279 g/mol. The van der Waals surface area contributed by atoms with Crippen LogP contribution in [0.2, 0.25) is 0 Å². The zero-order chi connectivity index (χ0) is 13.9. The van der Waals surface area contributed by atoms with Crippen LogP contribution in [0.5, 0.6) is 5.75 Å². The fourth-order valence-electron chi connectivity index (χ4n) is 2.38. The lowest BCUT2D eigenvalue weighted by molar-refractivity contribution is 0.160. The first kappa shape index (κ1) is 13.9. The van der Waals surface area contributed by atoms with Gasteiger partial charge in [-0.05, 0) is 30.9 Å². The number of hydrogen-bond donors (Lipinski definition) is 0. The highest BCUT2D eigenvalue weighted by Crippen LogP contribution is 2.37. The van der Waals surface area contributed by atoms with Gasteiger partial charge in [-0.15, -0.1) is 0 Å². The zero-order valence-corrected chi connectivity index (χ0v) is 11.7. The molecule has 1 heterocycles. The summed E-state index contributed by atoms with van der Waals surface area (Å²) < 4.78 is 27.9. The summed E-state index contributed by atoms with van der Waals surface area (Å²) in [5.74, 6) is 0.953. The lowest BCUT2D eigenvalue weighted by atomic mass is 9.78. The van der Waals surface area contributed by atoms with Gasteiger partial charge >= 0.3 is 0 Å². The first-order valence-electron chi connectivity index (χ1n) is 6.24. The van der Waals surface area contributed by atoms with Crippen LogP contribution >= 0.6 is 0 Å². The second-order valence-corrected chi connectivity index (χ2v) is 7.46. The Morgan fingerprint density at radius 3 is 2.84 bits per heavy atom. The highest BCUT2D eigenvalue weighted by Gasteiger charge is 2.35. The standard InChI is InChI=1S/C14H17NO3S/c1-19(16,17)8-4-7-14(10-15)9-12-5-2-3-6-13(12)18-11-14/h2-3,5-6H,4,7-9,11H2,1H3. The molecule has 0 saturated heterocycles. The number of fused-ring (bicyclic) bond motifs is 1. The van der Waals surface area contributed by atoms with Gasteiger partial charge in [-0.2, -0.15) is 5.26 Å². The molecule has 102 valence electrons. The maximum Gasteiger partial charge on any atom is 0.147 e. The molecule has 1 aliphatic heterocycles. The number of hydrogen-bond acceptors (Lipinski definition) is 4. The second kappa shape index (κ2) is 5.22. The molecule has 0 radical (unpaired) electrons. The first-order valence-corrected chi connectivity index (χ1v) is 8.30. The number of para-hydroxylation sites is 1. The van der Waals surface area contributed by atoms with E-state index in [1.807, 2.05) is 24.3 Å². The Morgan fingerprint density at radius 1 is 1.42 bits per heavy atom. The SMILES string of the molecule is CS(=O)(=O)CCCC1(C#N)COc2ccccc2C1. The third-order valence-corrected chi connectivity index (χ3v) is 4.44. The van der Waals surface area contributed by atoms with Crippen molar-refractivity contribution in [3.8, 4) is 11.8 Å². The number of nitriles is 1. The highest BCUT2D eigenvalue weighted by atomic mass is 32.2. The normalized spacial score (nSPS) is 22.1. The molecule has 0 aliphatic carbocycles. The molecular formula is C14H17NO3S. The molecule has 0 N–H and O–H groups in total. The number of nitrogens with zero attached hydrogens (tertiary/aromatic N) is 1. The summed E-state index contributed by atoms with van der Waals surface area (Å²) in [4.78, 5) is 0. The molecule has 1 aromatic rings. The van der Waals surface area contributed by atoms with Gasteiger partial charge in [0.05, 0.1) is 11.5 Å². The average Bonchev–Trinajstić information content (AvgIpc) is 2.37. The van der Waals surface area contributed by atoms with E-state index in [2.05, 4.69) is 6.07 Å². The zero-order valence-electron chi connectivity index (χ0n) is 10.9. The van der Waals surface area contributed by atoms with Gasteiger partial charge < -0.3 is 4.74 Å². The Labute approximate surface area is 113 Å². The van der Waals surface area contributed by atoms with Crippen LogP contribution in [0, 0.1) is 16.7 Å². The Hall–Kier alpha value is -1.54. The van der Waals surface area contributed by atoms with E-state index in [1.165, 1.54) is 6.26 Å². The summed E-state index contributed by atoms with van der Waals surface area (Å²) in [7, 11) is -2.97. The summed E-state index contributed by atoms with van der Waals surface area (Å²) in [5.41, 5.74) is 0.425. The molecule has 0 bridgehead atoms. The van der Waals surface area contributed by atoms with Crippen molar-refractivity contribution in [1.29, 1.82) is 5.26 Å². The molecule has 2 rings (SSSR count). The highest BCUT2D eigenvalue weighted by molar-refractivity contribution is 7.90. The van der Waals surface area contributed by atoms with Crippen molar-refractivity contribution in [2.75, 3.05) is 18.6 Å². The third kappa shape index (κ3) is 3.48. The fraction of sp³-hybridized carbons (Fsp3) is 0.500. The molecule has 1 aliphatic rings. The quantitative estimate of drug-likeness (QED) is 0.845. The van der Waals surface area contributed by atoms with Crippen LogP contribution in [0.4, 0.5) is 0 Å². The van der Waals surface area contributed by atoms with Gasteiger partial charge in [-0.1, -0.05) is 18.2 Å². The lowest BCUT2D eigenvalue weighted by Crippen LogP contribution is -2.34. The number of benzene rings is 1. The topological polar surface area (TPSA) is 67.2 Å². The van der Waals surface area contributed by atoms with E-state index >= 15 is 0 Å². The van der Waals surface area contributed by atoms with Gasteiger partial charge in [-0.3, -0.25) is 0 Å². The van der Waals surface area contributed by atoms with Crippen molar-refractivity contribution in [1.82, 2.24) is 0 Å². The second-order valence-electron chi connectivity index (χ2n) is 5.20. The van der Waals surface area contributed by atoms with Crippen molar-refractivity contribution < 1.29 is 13.2 Å². The fourth-order valence-corrected chi connectivity index (χ4v) is 3.05. The Kier molecular flexibility index (Phi) is 3.81. The van der Waals surface area contributed by atoms with Gasteiger partial charge in [0.1, 0.15) is 22.2 Å². The van der Waals surface area contributed by atoms with Crippen molar-refractivity contribution in [3.05, 3.63) is 29.8 Å². The van der Waals surface area contributed by atoms with Gasteiger partial charge in [0.15, 0.2) is 0 Å². The Bertz CT molecular complexity index is 603. The van der Waals surface area contributed by atoms with Crippen LogP contribution in [0.3, 0.4) is 0 Å². The predicted octanol–water partition coefficient (Wildman–Crippen LogP) is 1.96. The lowest BCUT2D eigenvalue weighted by Gasteiger charge is -2.32. The van der Waals surface area contributed by atoms with Crippen molar-refractivity contribution in [2.45, 2.75) is 19.3 Å². The first-order chi connectivity index (χ1) is 8.94. The van der Waals surface area contributed by atoms with E-state index in [9.17, 15) is 13.7 Å². The molecule has 1 aromatic carbocycles. The van der Waals surface area contributed by atoms with E-state index in [4.69, 9.17) is 4.74 Å². The molecule has 5 heteroatoms. The maximum atomic E-state index is 11.1. The minimum Gasteiger partial charge on any atom is -0.492 e. The summed E-state index contributed by atoms with van der Waals surface area (Å²) in [6.07, 6.45) is 2.89. The maximum absolute atomic E-state index is 11.1. The van der Waals surface area contributed by atoms with Crippen molar-refractivity contribution >= 4 is 9.84 Å². The molecule has 4 nitrogen and oxygen atoms in total. The van der Waals surface area contributed by atoms with Crippen LogP contribution in [0.1, 0.15) is 18.4 Å². The largest absolute Gasteiger partial charge is 0.492 e. The van der Waals surface area contributed by atoms with Gasteiger partial charge in [0.2, 0.25) is 0 Å². The summed E-state index contributed by atoms with van der Waals surface area (Å²) in [5, 5.41) is 9.42. The van der Waals surface area contributed by atoms with E-state index in [0.29, 0.717) is 25.9 Å². The van der Waals surface area contributed by atoms with Crippen molar-refractivity contribution in [2.24, 2.45) is 5.41 Å². The minimum atomic E-state index is -2.97. The molecule has 1 atom stereocenters. The molecule has 1 unspecified atom stereocenters. The third-order valence-electron chi connectivity index (χ3n) is 3.41. The Morgan fingerprint density at radius 2 is 2.16 bits per heavy atom. The van der Waals surface area contributed by atoms with Crippen LogP contribution in [-0.4, -0.2) is 27.0 Å². The summed E-state index contributed by atoms with van der Waals surface area (Å²) in [6.45, 7) is 0.338. The van der Waals surface area contributed by atoms with Crippen molar-refractivity contribution in [3.63, 3.8) is 0 Å². The van der Waals surface area contributed by atoms with Gasteiger partial charge in [-0.25, -0.2) is 8.42 Å². The van der Waals surface area contributed by atoms with Crippen LogP contribution in [0.15, 0.2) is 24.3 Å². The van der Waals surface area contributed by atoms with Crippen LogP contribution in [-0.2, 0) is 16.3 Å². The van der Waals surface area contributed by atoms with Crippen LogP contribution < -0.4 is 4.74 Å². The van der Waals surface area contributed by atoms with Gasteiger partial charge in [0, 0.05) is 12.0 Å². The number of ether oxygens (including phenoxy) is 1. The molecular weight excluding hydrogens is 262 g/mol. The molecule has 19 heavy (non-hydrogen) atoms. The number of rotatable bonds is 4. The van der Waals surface area contributed by atoms with Crippen LogP contribution in [0.25, 0.3) is 0 Å². The molecule has 0 aromatic heterocycles. The molecule has 0 saturated carbocycles. The van der Waals surface area contributed by atoms with Gasteiger partial charge in [0.25, 0.3) is 0 Å². The smallest absolute Gasteiger partial charge is 0.147 e. The summed E-state index contributed by atoms with van der Waals surface area (Å²) in [6, 6.07) is 10.0. The number of sulfone groups is 1. The van der Waals surface area contributed by atoms with E-state index in [-0.39, 0.29) is 5.75 Å². The molecule has 0 amide bonds. The van der Waals surface area contributed by atoms with E-state index in [1.54, 1.807) is 0 Å². The summed E-state index contributed by atoms with van der Waals surface area (Å²) >= 11 is 0.